The van der Waals surface area contributed by atoms with Gasteiger partial charge in [0, 0.05) is 19.1 Å². The molecule has 20 heavy (non-hydrogen) atoms. The first-order chi connectivity index (χ1) is 9.61. The molecule has 3 unspecified atom stereocenters. The normalized spacial score (nSPS) is 25.1. The zero-order chi connectivity index (χ0) is 14.5. The maximum atomic E-state index is 12.1. The van der Waals surface area contributed by atoms with Gasteiger partial charge in [0.25, 0.3) is 0 Å². The predicted octanol–water partition coefficient (Wildman–Crippen LogP) is 1.88. The summed E-state index contributed by atoms with van der Waals surface area (Å²) in [5.74, 6) is 5.75. The van der Waals surface area contributed by atoms with Crippen LogP contribution < -0.4 is 11.3 Å². The Morgan fingerprint density at radius 1 is 1.35 bits per heavy atom. The van der Waals surface area contributed by atoms with Crippen LogP contribution >= 0.6 is 0 Å². The molecule has 0 aliphatic carbocycles. The lowest BCUT2D eigenvalue weighted by molar-refractivity contribution is -0.123. The van der Waals surface area contributed by atoms with Crippen LogP contribution in [0.4, 0.5) is 0 Å². The van der Waals surface area contributed by atoms with Crippen LogP contribution in [0.15, 0.2) is 30.3 Å². The molecule has 3 N–H and O–H groups in total. The largest absolute Gasteiger partial charge is 0.299 e. The number of carbonyl (C=O) groups is 1. The molecule has 0 aromatic heterocycles. The van der Waals surface area contributed by atoms with Gasteiger partial charge in [-0.25, -0.2) is 5.84 Å². The molecule has 4 heteroatoms. The zero-order valence-corrected chi connectivity index (χ0v) is 12.4. The van der Waals surface area contributed by atoms with Crippen LogP contribution in [-0.4, -0.2) is 29.9 Å². The van der Waals surface area contributed by atoms with Crippen molar-refractivity contribution >= 4 is 5.91 Å². The quantitative estimate of drug-likeness (QED) is 0.501. The van der Waals surface area contributed by atoms with Gasteiger partial charge in [-0.15, -0.1) is 0 Å². The number of hydrazine groups is 1. The van der Waals surface area contributed by atoms with Crippen molar-refractivity contribution in [2.45, 2.75) is 38.6 Å². The van der Waals surface area contributed by atoms with E-state index in [1.54, 1.807) is 0 Å². The van der Waals surface area contributed by atoms with Crippen molar-refractivity contribution in [3.63, 3.8) is 0 Å². The highest BCUT2D eigenvalue weighted by Crippen LogP contribution is 2.25. The Morgan fingerprint density at radius 2 is 2.05 bits per heavy atom. The number of nitrogens with zero attached hydrogens (tertiary/aromatic N) is 1. The van der Waals surface area contributed by atoms with E-state index in [4.69, 9.17) is 5.84 Å². The number of nitrogens with one attached hydrogen (secondary N) is 1. The van der Waals surface area contributed by atoms with Crippen LogP contribution in [-0.2, 0) is 4.79 Å². The molecule has 1 saturated heterocycles. The molecule has 1 amide bonds. The Hall–Kier alpha value is -1.39. The monoisotopic (exact) mass is 275 g/mol. The summed E-state index contributed by atoms with van der Waals surface area (Å²) >= 11 is 0. The summed E-state index contributed by atoms with van der Waals surface area (Å²) in [6, 6.07) is 10.4. The van der Waals surface area contributed by atoms with Crippen LogP contribution in [0.5, 0.6) is 0 Å². The molecule has 0 saturated carbocycles. The highest BCUT2D eigenvalue weighted by Gasteiger charge is 2.28. The maximum absolute atomic E-state index is 12.1. The van der Waals surface area contributed by atoms with Gasteiger partial charge < -0.3 is 0 Å². The maximum Gasteiger partial charge on any atom is 0.242 e. The van der Waals surface area contributed by atoms with Crippen LogP contribution in [0.25, 0.3) is 0 Å². The van der Waals surface area contributed by atoms with Crippen molar-refractivity contribution in [1.29, 1.82) is 0 Å². The van der Waals surface area contributed by atoms with E-state index in [9.17, 15) is 4.79 Å². The molecular formula is C16H25N3O. The van der Waals surface area contributed by atoms with Gasteiger partial charge >= 0.3 is 0 Å². The molecule has 1 aliphatic heterocycles. The molecule has 1 aliphatic rings. The van der Waals surface area contributed by atoms with Crippen molar-refractivity contribution in [2.75, 3.05) is 13.1 Å². The highest BCUT2D eigenvalue weighted by atomic mass is 16.2. The SMILES string of the molecule is CC1CCC(C)N(CC(C(=O)NN)c2ccccc2)C1. The van der Waals surface area contributed by atoms with Gasteiger partial charge in [-0.05, 0) is 31.2 Å². The highest BCUT2D eigenvalue weighted by molar-refractivity contribution is 5.83. The molecule has 0 bridgehead atoms. The van der Waals surface area contributed by atoms with E-state index in [1.807, 2.05) is 30.3 Å². The van der Waals surface area contributed by atoms with Crippen LogP contribution in [0.1, 0.15) is 38.2 Å². The number of likely N-dealkylation sites (tertiary alicyclic amines) is 1. The second-order valence-electron chi connectivity index (χ2n) is 5.96. The second kappa shape index (κ2) is 6.86. The Labute approximate surface area is 121 Å². The fraction of sp³-hybridized carbons (Fsp3) is 0.562. The number of nitrogens with two attached hydrogens (primary N) is 1. The number of amides is 1. The van der Waals surface area contributed by atoms with Gasteiger partial charge in [0.1, 0.15) is 0 Å². The first-order valence-electron chi connectivity index (χ1n) is 7.41. The van der Waals surface area contributed by atoms with Gasteiger partial charge in [-0.3, -0.25) is 15.1 Å². The molecule has 0 spiro atoms. The van der Waals surface area contributed by atoms with E-state index in [0.717, 1.165) is 18.7 Å². The fourth-order valence-corrected chi connectivity index (χ4v) is 2.99. The minimum absolute atomic E-state index is 0.110. The second-order valence-corrected chi connectivity index (χ2v) is 5.96. The summed E-state index contributed by atoms with van der Waals surface area (Å²) in [7, 11) is 0. The van der Waals surface area contributed by atoms with Gasteiger partial charge in [-0.2, -0.15) is 0 Å². The summed E-state index contributed by atoms with van der Waals surface area (Å²) in [4.78, 5) is 14.5. The van der Waals surface area contributed by atoms with Crippen molar-refractivity contribution in [2.24, 2.45) is 11.8 Å². The molecule has 1 heterocycles. The van der Waals surface area contributed by atoms with Gasteiger partial charge in [0.15, 0.2) is 0 Å². The van der Waals surface area contributed by atoms with Gasteiger partial charge in [0.05, 0.1) is 5.92 Å². The number of carbonyl (C=O) groups excluding carboxylic acids is 1. The summed E-state index contributed by atoms with van der Waals surface area (Å²) in [6.07, 6.45) is 2.48. The average molecular weight is 275 g/mol. The van der Waals surface area contributed by atoms with Crippen molar-refractivity contribution in [1.82, 2.24) is 10.3 Å². The van der Waals surface area contributed by atoms with E-state index in [1.165, 1.54) is 12.8 Å². The molecule has 3 atom stereocenters. The lowest BCUT2D eigenvalue weighted by Crippen LogP contribution is -2.46. The van der Waals surface area contributed by atoms with E-state index < -0.39 is 0 Å². The van der Waals surface area contributed by atoms with E-state index in [0.29, 0.717) is 12.0 Å². The molecule has 1 fully saturated rings. The number of rotatable bonds is 4. The molecule has 1 aromatic rings. The summed E-state index contributed by atoms with van der Waals surface area (Å²) in [6.45, 7) is 6.31. The zero-order valence-electron chi connectivity index (χ0n) is 12.4. The van der Waals surface area contributed by atoms with E-state index in [-0.39, 0.29) is 11.8 Å². The van der Waals surface area contributed by atoms with E-state index in [2.05, 4.69) is 24.2 Å². The molecule has 110 valence electrons. The lowest BCUT2D eigenvalue weighted by Gasteiger charge is -2.38. The minimum Gasteiger partial charge on any atom is -0.299 e. The molecule has 2 rings (SSSR count). The standard InChI is InChI=1S/C16H25N3O/c1-12-8-9-13(2)19(10-12)11-15(16(20)18-17)14-6-4-3-5-7-14/h3-7,12-13,15H,8-11,17H2,1-2H3,(H,18,20). The van der Waals surface area contributed by atoms with Crippen LogP contribution in [0.2, 0.25) is 0 Å². The third kappa shape index (κ3) is 3.58. The van der Waals surface area contributed by atoms with Crippen molar-refractivity contribution in [3.8, 4) is 0 Å². The van der Waals surface area contributed by atoms with Crippen LogP contribution in [0, 0.1) is 5.92 Å². The lowest BCUT2D eigenvalue weighted by atomic mass is 9.91. The number of hydrogen-bond donors (Lipinski definition) is 2. The Morgan fingerprint density at radius 3 is 2.70 bits per heavy atom. The Kier molecular flexibility index (Phi) is 5.15. The molecule has 4 nitrogen and oxygen atoms in total. The number of piperidine rings is 1. The van der Waals surface area contributed by atoms with E-state index >= 15 is 0 Å². The molecule has 1 aromatic carbocycles. The average Bonchev–Trinajstić information content (AvgIpc) is 2.48. The summed E-state index contributed by atoms with van der Waals surface area (Å²) < 4.78 is 0. The third-order valence-corrected chi connectivity index (χ3v) is 4.32. The third-order valence-electron chi connectivity index (χ3n) is 4.32. The van der Waals surface area contributed by atoms with Gasteiger partial charge in [0.2, 0.25) is 5.91 Å². The predicted molar refractivity (Wildman–Crippen MR) is 80.9 cm³/mol. The minimum atomic E-state index is -0.200. The fourth-order valence-electron chi connectivity index (χ4n) is 2.99. The Balaban J connectivity index is 2.14. The van der Waals surface area contributed by atoms with Crippen LogP contribution in [0.3, 0.4) is 0 Å². The number of hydrogen-bond acceptors (Lipinski definition) is 3. The first kappa shape index (κ1) is 15.0. The number of benzene rings is 1. The van der Waals surface area contributed by atoms with Crippen molar-refractivity contribution in [3.05, 3.63) is 35.9 Å². The van der Waals surface area contributed by atoms with Crippen molar-refractivity contribution < 1.29 is 4.79 Å². The topological polar surface area (TPSA) is 58.4 Å². The smallest absolute Gasteiger partial charge is 0.242 e. The molecule has 0 radical (unpaired) electrons. The molecular weight excluding hydrogens is 250 g/mol. The first-order valence-corrected chi connectivity index (χ1v) is 7.41. The Bertz CT molecular complexity index is 435. The van der Waals surface area contributed by atoms with Gasteiger partial charge in [-0.1, -0.05) is 37.3 Å². The summed E-state index contributed by atoms with van der Waals surface area (Å²) in [5, 5.41) is 0. The summed E-state index contributed by atoms with van der Waals surface area (Å²) in [5.41, 5.74) is 3.34.